The van der Waals surface area contributed by atoms with E-state index in [1.807, 2.05) is 38.1 Å². The largest absolute Gasteiger partial charge is 0.484 e. The maximum Gasteiger partial charge on any atom is 0.261 e. The van der Waals surface area contributed by atoms with Gasteiger partial charge in [0, 0.05) is 23.1 Å². The molecule has 28 heavy (non-hydrogen) atoms. The summed E-state index contributed by atoms with van der Waals surface area (Å²) < 4.78 is 6.74. The molecule has 0 spiro atoms. The molecular weight excluding hydrogens is 444 g/mol. The molecule has 0 aliphatic carbocycles. The molecule has 0 radical (unpaired) electrons. The molecule has 0 aliphatic rings. The third-order valence-corrected chi connectivity index (χ3v) is 5.95. The lowest BCUT2D eigenvalue weighted by Gasteiger charge is -2.28. The van der Waals surface area contributed by atoms with E-state index < -0.39 is 6.04 Å². The zero-order valence-electron chi connectivity index (χ0n) is 16.4. The van der Waals surface area contributed by atoms with Crippen molar-refractivity contribution in [3.05, 3.63) is 62.6 Å². The van der Waals surface area contributed by atoms with Crippen LogP contribution in [0.5, 0.6) is 5.75 Å². The van der Waals surface area contributed by atoms with E-state index in [1.54, 1.807) is 26.1 Å². The van der Waals surface area contributed by atoms with Crippen molar-refractivity contribution in [3.8, 4) is 5.75 Å². The van der Waals surface area contributed by atoms with E-state index >= 15 is 0 Å². The van der Waals surface area contributed by atoms with Crippen molar-refractivity contribution in [2.45, 2.75) is 33.4 Å². The van der Waals surface area contributed by atoms with Crippen LogP contribution in [-0.2, 0) is 16.1 Å². The zero-order chi connectivity index (χ0) is 20.8. The second kappa shape index (κ2) is 9.94. The number of ether oxygens (including phenoxy) is 1. The van der Waals surface area contributed by atoms with E-state index in [9.17, 15) is 9.59 Å². The van der Waals surface area contributed by atoms with Crippen molar-refractivity contribution < 1.29 is 14.3 Å². The lowest BCUT2D eigenvalue weighted by molar-refractivity contribution is -0.142. The molecule has 0 saturated heterocycles. The smallest absolute Gasteiger partial charge is 0.261 e. The third-order valence-electron chi connectivity index (χ3n) is 4.45. The number of amides is 2. The molecule has 0 unspecified atom stereocenters. The summed E-state index contributed by atoms with van der Waals surface area (Å²) in [5, 5.41) is 3.21. The number of nitrogens with one attached hydrogen (secondary N) is 1. The first kappa shape index (κ1) is 22.2. The predicted octanol–water partition coefficient (Wildman–Crippen LogP) is 4.26. The first-order valence-electron chi connectivity index (χ1n) is 8.88. The highest BCUT2D eigenvalue weighted by molar-refractivity contribution is 9.10. The van der Waals surface area contributed by atoms with Crippen molar-refractivity contribution >= 4 is 39.3 Å². The highest BCUT2D eigenvalue weighted by Gasteiger charge is 2.26. The molecule has 2 rings (SSSR count). The number of hydrogen-bond acceptors (Lipinski definition) is 3. The number of aryl methyl sites for hydroxylation is 2. The summed E-state index contributed by atoms with van der Waals surface area (Å²) in [6.07, 6.45) is 0. The second-order valence-electron chi connectivity index (χ2n) is 6.60. The normalized spacial score (nSPS) is 11.6. The Bertz CT molecular complexity index is 832. The van der Waals surface area contributed by atoms with Gasteiger partial charge in [-0.2, -0.15) is 0 Å². The summed E-state index contributed by atoms with van der Waals surface area (Å²) in [7, 11) is 1.55. The molecule has 1 atom stereocenters. The Morgan fingerprint density at radius 3 is 2.29 bits per heavy atom. The lowest BCUT2D eigenvalue weighted by atomic mass is 10.1. The minimum atomic E-state index is -0.634. The van der Waals surface area contributed by atoms with Gasteiger partial charge in [0.2, 0.25) is 5.91 Å². The Kier molecular flexibility index (Phi) is 7.89. The topological polar surface area (TPSA) is 58.6 Å². The van der Waals surface area contributed by atoms with Gasteiger partial charge in [-0.25, -0.2) is 0 Å². The van der Waals surface area contributed by atoms with E-state index in [0.29, 0.717) is 10.8 Å². The van der Waals surface area contributed by atoms with Crippen molar-refractivity contribution in [1.29, 1.82) is 0 Å². The average Bonchev–Trinajstić information content (AvgIpc) is 2.68. The van der Waals surface area contributed by atoms with Gasteiger partial charge in [0.25, 0.3) is 5.91 Å². The van der Waals surface area contributed by atoms with Crippen molar-refractivity contribution in [2.75, 3.05) is 13.7 Å². The molecular formula is C21H24BrClN2O3. The summed E-state index contributed by atoms with van der Waals surface area (Å²) in [6.45, 7) is 5.75. The van der Waals surface area contributed by atoms with E-state index in [4.69, 9.17) is 16.3 Å². The van der Waals surface area contributed by atoms with Gasteiger partial charge >= 0.3 is 0 Å². The number of rotatable bonds is 7. The van der Waals surface area contributed by atoms with Crippen LogP contribution >= 0.6 is 27.5 Å². The Balaban J connectivity index is 2.16. The first-order chi connectivity index (χ1) is 13.2. The number of nitrogens with zero attached hydrogens (tertiary/aromatic N) is 1. The molecule has 2 amide bonds. The van der Waals surface area contributed by atoms with Gasteiger partial charge in [0.1, 0.15) is 11.8 Å². The number of halogens is 2. The van der Waals surface area contributed by atoms with Crippen LogP contribution in [0.2, 0.25) is 5.02 Å². The molecule has 2 aromatic rings. The molecule has 150 valence electrons. The highest BCUT2D eigenvalue weighted by atomic mass is 79.9. The van der Waals surface area contributed by atoms with E-state index in [2.05, 4.69) is 21.2 Å². The maximum atomic E-state index is 12.9. The van der Waals surface area contributed by atoms with E-state index in [0.717, 1.165) is 21.2 Å². The molecule has 0 aliphatic heterocycles. The molecule has 0 heterocycles. The standard InChI is InChI=1S/C21H24BrClN2O3/c1-13-9-18(10-14(2)20(13)22)28-12-19(26)25(15(3)21(27)24-4)11-16-5-7-17(23)8-6-16/h5-10,15H,11-12H2,1-4H3,(H,24,27)/t15-/m1/s1. The highest BCUT2D eigenvalue weighted by Crippen LogP contribution is 2.26. The van der Waals surface area contributed by atoms with Crippen molar-refractivity contribution in [2.24, 2.45) is 0 Å². The van der Waals surface area contributed by atoms with Gasteiger partial charge < -0.3 is 15.0 Å². The maximum absolute atomic E-state index is 12.9. The van der Waals surface area contributed by atoms with Crippen LogP contribution in [0.4, 0.5) is 0 Å². The molecule has 7 heteroatoms. The van der Waals surface area contributed by atoms with Crippen molar-refractivity contribution in [3.63, 3.8) is 0 Å². The van der Waals surface area contributed by atoms with Gasteiger partial charge in [-0.15, -0.1) is 0 Å². The Morgan fingerprint density at radius 2 is 1.75 bits per heavy atom. The van der Waals surface area contributed by atoms with Crippen LogP contribution < -0.4 is 10.1 Å². The first-order valence-corrected chi connectivity index (χ1v) is 10.0. The van der Waals surface area contributed by atoms with Gasteiger partial charge in [-0.3, -0.25) is 9.59 Å². The number of benzene rings is 2. The monoisotopic (exact) mass is 466 g/mol. The molecule has 2 aromatic carbocycles. The third kappa shape index (κ3) is 5.72. The number of likely N-dealkylation sites (N-methyl/N-ethyl adjacent to an activating group) is 1. The second-order valence-corrected chi connectivity index (χ2v) is 7.83. The van der Waals surface area contributed by atoms with Gasteiger partial charge in [-0.1, -0.05) is 39.7 Å². The number of hydrogen-bond donors (Lipinski definition) is 1. The van der Waals surface area contributed by atoms with Crippen LogP contribution in [0.25, 0.3) is 0 Å². The zero-order valence-corrected chi connectivity index (χ0v) is 18.7. The van der Waals surface area contributed by atoms with Crippen LogP contribution in [0.1, 0.15) is 23.6 Å². The Labute approximate surface area is 179 Å². The molecule has 0 fully saturated rings. The minimum Gasteiger partial charge on any atom is -0.484 e. The van der Waals surface area contributed by atoms with Gasteiger partial charge in [0.05, 0.1) is 0 Å². The fourth-order valence-corrected chi connectivity index (χ4v) is 3.15. The van der Waals surface area contributed by atoms with E-state index in [1.165, 1.54) is 4.90 Å². The van der Waals surface area contributed by atoms with Crippen LogP contribution in [0.15, 0.2) is 40.9 Å². The summed E-state index contributed by atoms with van der Waals surface area (Å²) in [6, 6.07) is 10.3. The molecule has 0 saturated carbocycles. The lowest BCUT2D eigenvalue weighted by Crippen LogP contribution is -2.48. The fraction of sp³-hybridized carbons (Fsp3) is 0.333. The van der Waals surface area contributed by atoms with Crippen molar-refractivity contribution in [1.82, 2.24) is 10.2 Å². The molecule has 5 nitrogen and oxygen atoms in total. The number of carbonyl (C=O) groups is 2. The molecule has 0 aromatic heterocycles. The fourth-order valence-electron chi connectivity index (χ4n) is 2.80. The van der Waals surface area contributed by atoms with Crippen LogP contribution in [0, 0.1) is 13.8 Å². The summed E-state index contributed by atoms with van der Waals surface area (Å²) in [5.74, 6) is 0.104. The number of carbonyl (C=O) groups excluding carboxylic acids is 2. The summed E-state index contributed by atoms with van der Waals surface area (Å²) in [5.41, 5.74) is 2.93. The van der Waals surface area contributed by atoms with Gasteiger partial charge in [-0.05, 0) is 61.7 Å². The van der Waals surface area contributed by atoms with E-state index in [-0.39, 0.29) is 25.0 Å². The van der Waals surface area contributed by atoms with Crippen LogP contribution in [-0.4, -0.2) is 36.4 Å². The minimum absolute atomic E-state index is 0.157. The summed E-state index contributed by atoms with van der Waals surface area (Å²) in [4.78, 5) is 26.5. The quantitative estimate of drug-likeness (QED) is 0.662. The molecule has 1 N–H and O–H groups in total. The SMILES string of the molecule is CNC(=O)[C@@H](C)N(Cc1ccc(Cl)cc1)C(=O)COc1cc(C)c(Br)c(C)c1. The Hall–Kier alpha value is -2.05. The van der Waals surface area contributed by atoms with Crippen LogP contribution in [0.3, 0.4) is 0 Å². The average molecular weight is 468 g/mol. The van der Waals surface area contributed by atoms with Gasteiger partial charge in [0.15, 0.2) is 6.61 Å². The Morgan fingerprint density at radius 1 is 1.18 bits per heavy atom. The summed E-state index contributed by atoms with van der Waals surface area (Å²) >= 11 is 9.45. The molecule has 0 bridgehead atoms. The predicted molar refractivity (Wildman–Crippen MR) is 115 cm³/mol.